The predicted molar refractivity (Wildman–Crippen MR) is 61.0 cm³/mol. The molecule has 1 heterocycles. The van der Waals surface area contributed by atoms with E-state index in [4.69, 9.17) is 0 Å². The lowest BCUT2D eigenvalue weighted by Crippen LogP contribution is -2.32. The van der Waals surface area contributed by atoms with Crippen molar-refractivity contribution in [3.05, 3.63) is 24.0 Å². The van der Waals surface area contributed by atoms with E-state index in [9.17, 15) is 18.0 Å². The highest BCUT2D eigenvalue weighted by Gasteiger charge is 2.32. The predicted octanol–water partition coefficient (Wildman–Crippen LogP) is 2.04. The Morgan fingerprint density at radius 1 is 1.39 bits per heavy atom. The number of halogens is 3. The summed E-state index contributed by atoms with van der Waals surface area (Å²) in [6.07, 6.45) is -3.49. The quantitative estimate of drug-likeness (QED) is 0.872. The van der Waals surface area contributed by atoms with Crippen LogP contribution in [0.3, 0.4) is 0 Å². The molecule has 7 heteroatoms. The molecule has 0 aliphatic heterocycles. The summed E-state index contributed by atoms with van der Waals surface area (Å²) < 4.78 is 36.7. The van der Waals surface area contributed by atoms with Gasteiger partial charge >= 0.3 is 6.18 Å². The fourth-order valence-electron chi connectivity index (χ4n) is 1.14. The van der Waals surface area contributed by atoms with Crippen LogP contribution in [0.1, 0.15) is 19.5 Å². The second kappa shape index (κ2) is 5.81. The molecule has 1 aromatic rings. The highest BCUT2D eigenvalue weighted by atomic mass is 19.4. The molecule has 18 heavy (non-hydrogen) atoms. The molecule has 0 aromatic carbocycles. The number of amides is 1. The number of hydrogen-bond donors (Lipinski definition) is 2. The van der Waals surface area contributed by atoms with Crippen LogP contribution < -0.4 is 10.6 Å². The Morgan fingerprint density at radius 3 is 2.50 bits per heavy atom. The number of carbonyl (C=O) groups is 1. The van der Waals surface area contributed by atoms with E-state index in [2.05, 4.69) is 15.6 Å². The van der Waals surface area contributed by atoms with Crippen molar-refractivity contribution in [3.63, 3.8) is 0 Å². The van der Waals surface area contributed by atoms with Crippen LogP contribution >= 0.6 is 0 Å². The maximum atomic E-state index is 12.2. The number of rotatable bonds is 4. The number of aromatic nitrogens is 1. The summed E-state index contributed by atoms with van der Waals surface area (Å²) in [5.74, 6) is -0.328. The van der Waals surface area contributed by atoms with Crippen LogP contribution in [0.5, 0.6) is 0 Å². The van der Waals surface area contributed by atoms with E-state index in [0.717, 1.165) is 12.3 Å². The Morgan fingerprint density at radius 2 is 2.06 bits per heavy atom. The second-order valence-corrected chi connectivity index (χ2v) is 4.01. The van der Waals surface area contributed by atoms with Gasteiger partial charge in [-0.15, -0.1) is 0 Å². The molecule has 1 amide bonds. The van der Waals surface area contributed by atoms with E-state index >= 15 is 0 Å². The first-order valence-corrected chi connectivity index (χ1v) is 5.35. The lowest BCUT2D eigenvalue weighted by molar-refractivity contribution is -0.141. The number of alkyl halides is 3. The minimum absolute atomic E-state index is 0.0959. The first-order chi connectivity index (χ1) is 8.29. The molecule has 1 aromatic heterocycles. The summed E-state index contributed by atoms with van der Waals surface area (Å²) in [4.78, 5) is 14.6. The standard InChI is InChI=1S/C11H14F3N3O/c1-7(2)15-6-10(18)17-8-3-4-9(16-5-8)11(12,13)14/h3-5,7,15H,6H2,1-2H3,(H,17,18). The Hall–Kier alpha value is -1.63. The third-order valence-electron chi connectivity index (χ3n) is 2.01. The minimum Gasteiger partial charge on any atom is -0.324 e. The van der Waals surface area contributed by atoms with Gasteiger partial charge < -0.3 is 10.6 Å². The van der Waals surface area contributed by atoms with E-state index in [1.54, 1.807) is 0 Å². The van der Waals surface area contributed by atoms with Crippen LogP contribution in [-0.4, -0.2) is 23.5 Å². The average molecular weight is 261 g/mol. The van der Waals surface area contributed by atoms with Gasteiger partial charge in [0.15, 0.2) is 0 Å². The third kappa shape index (κ3) is 4.70. The minimum atomic E-state index is -4.47. The van der Waals surface area contributed by atoms with Gasteiger partial charge in [0.05, 0.1) is 18.4 Å². The Balaban J connectivity index is 2.56. The van der Waals surface area contributed by atoms with Crippen molar-refractivity contribution in [2.24, 2.45) is 0 Å². The van der Waals surface area contributed by atoms with Gasteiger partial charge in [0.1, 0.15) is 5.69 Å². The van der Waals surface area contributed by atoms with Crippen molar-refractivity contribution in [1.82, 2.24) is 10.3 Å². The summed E-state index contributed by atoms with van der Waals surface area (Å²) >= 11 is 0. The fraction of sp³-hybridized carbons (Fsp3) is 0.455. The maximum absolute atomic E-state index is 12.2. The van der Waals surface area contributed by atoms with Crippen molar-refractivity contribution in [1.29, 1.82) is 0 Å². The molecule has 2 N–H and O–H groups in total. The number of nitrogens with zero attached hydrogens (tertiary/aromatic N) is 1. The van der Waals surface area contributed by atoms with Gasteiger partial charge in [0.25, 0.3) is 0 Å². The summed E-state index contributed by atoms with van der Waals surface area (Å²) in [7, 11) is 0. The Bertz CT molecular complexity index is 401. The smallest absolute Gasteiger partial charge is 0.324 e. The molecule has 4 nitrogen and oxygen atoms in total. The van der Waals surface area contributed by atoms with E-state index < -0.39 is 11.9 Å². The molecular weight excluding hydrogens is 247 g/mol. The van der Waals surface area contributed by atoms with E-state index in [1.807, 2.05) is 13.8 Å². The zero-order valence-electron chi connectivity index (χ0n) is 10.0. The molecule has 0 saturated carbocycles. The van der Waals surface area contributed by atoms with E-state index in [0.29, 0.717) is 0 Å². The van der Waals surface area contributed by atoms with Crippen molar-refractivity contribution >= 4 is 11.6 Å². The SMILES string of the molecule is CC(C)NCC(=O)Nc1ccc(C(F)(F)F)nc1. The molecule has 0 radical (unpaired) electrons. The first kappa shape index (κ1) is 14.4. The number of pyridine rings is 1. The van der Waals surface area contributed by atoms with Crippen LogP contribution in [0.2, 0.25) is 0 Å². The molecule has 0 aliphatic carbocycles. The molecule has 0 bridgehead atoms. The number of anilines is 1. The zero-order chi connectivity index (χ0) is 13.8. The number of nitrogens with one attached hydrogen (secondary N) is 2. The van der Waals surface area contributed by atoms with Gasteiger partial charge in [-0.25, -0.2) is 4.98 Å². The fourth-order valence-corrected chi connectivity index (χ4v) is 1.14. The average Bonchev–Trinajstić information content (AvgIpc) is 2.26. The lowest BCUT2D eigenvalue weighted by atomic mass is 10.3. The summed E-state index contributed by atoms with van der Waals surface area (Å²) in [6.45, 7) is 3.86. The summed E-state index contributed by atoms with van der Waals surface area (Å²) in [5.41, 5.74) is -0.751. The molecule has 0 spiro atoms. The molecule has 0 unspecified atom stereocenters. The Labute approximate surface area is 103 Å². The summed E-state index contributed by atoms with van der Waals surface area (Å²) in [6, 6.07) is 2.15. The van der Waals surface area contributed by atoms with Crippen LogP contribution in [0.15, 0.2) is 18.3 Å². The molecular formula is C11H14F3N3O. The van der Waals surface area contributed by atoms with Crippen molar-refractivity contribution in [3.8, 4) is 0 Å². The molecule has 0 saturated heterocycles. The second-order valence-electron chi connectivity index (χ2n) is 4.01. The van der Waals surface area contributed by atoms with Crippen molar-refractivity contribution in [2.45, 2.75) is 26.1 Å². The van der Waals surface area contributed by atoms with E-state index in [1.165, 1.54) is 6.07 Å². The topological polar surface area (TPSA) is 54.0 Å². The largest absolute Gasteiger partial charge is 0.433 e. The molecule has 0 aliphatic rings. The summed E-state index contributed by atoms with van der Waals surface area (Å²) in [5, 5.41) is 5.33. The van der Waals surface area contributed by atoms with Gasteiger partial charge in [0.2, 0.25) is 5.91 Å². The van der Waals surface area contributed by atoms with Gasteiger partial charge in [-0.1, -0.05) is 13.8 Å². The van der Waals surface area contributed by atoms with Gasteiger partial charge in [-0.05, 0) is 12.1 Å². The maximum Gasteiger partial charge on any atom is 0.433 e. The molecule has 0 fully saturated rings. The van der Waals surface area contributed by atoms with Gasteiger partial charge in [-0.3, -0.25) is 4.79 Å². The highest BCUT2D eigenvalue weighted by Crippen LogP contribution is 2.27. The van der Waals surface area contributed by atoms with Crippen LogP contribution in [0.4, 0.5) is 18.9 Å². The van der Waals surface area contributed by atoms with Crippen molar-refractivity contribution < 1.29 is 18.0 Å². The molecule has 1 rings (SSSR count). The number of carbonyl (C=O) groups excluding carboxylic acids is 1. The van der Waals surface area contributed by atoms with Crippen LogP contribution in [0, 0.1) is 0 Å². The first-order valence-electron chi connectivity index (χ1n) is 5.35. The zero-order valence-corrected chi connectivity index (χ0v) is 10.0. The highest BCUT2D eigenvalue weighted by molar-refractivity contribution is 5.92. The monoisotopic (exact) mass is 261 g/mol. The number of hydrogen-bond acceptors (Lipinski definition) is 3. The van der Waals surface area contributed by atoms with Gasteiger partial charge in [0, 0.05) is 6.04 Å². The Kier molecular flexibility index (Phi) is 4.66. The van der Waals surface area contributed by atoms with Crippen LogP contribution in [-0.2, 0) is 11.0 Å². The van der Waals surface area contributed by atoms with Gasteiger partial charge in [-0.2, -0.15) is 13.2 Å². The molecule has 0 atom stereocenters. The lowest BCUT2D eigenvalue weighted by Gasteiger charge is -2.09. The molecule has 100 valence electrons. The van der Waals surface area contributed by atoms with Crippen LogP contribution in [0.25, 0.3) is 0 Å². The normalized spacial score (nSPS) is 11.7. The van der Waals surface area contributed by atoms with Crippen molar-refractivity contribution in [2.75, 3.05) is 11.9 Å². The third-order valence-corrected chi connectivity index (χ3v) is 2.01. The van der Waals surface area contributed by atoms with E-state index in [-0.39, 0.29) is 24.2 Å².